The summed E-state index contributed by atoms with van der Waals surface area (Å²) >= 11 is 0. The van der Waals surface area contributed by atoms with Crippen LogP contribution in [-0.2, 0) is 19.6 Å². The van der Waals surface area contributed by atoms with Crippen LogP contribution in [0.1, 0.15) is 19.3 Å². The average Bonchev–Trinajstić information content (AvgIpc) is 2.35. The Morgan fingerprint density at radius 1 is 1.24 bits per heavy atom. The molecular formula is C11H23N3O6S. The predicted octanol–water partition coefficient (Wildman–Crippen LogP) is -0.895. The summed E-state index contributed by atoms with van der Waals surface area (Å²) in [5.41, 5.74) is 0. The second-order valence-electron chi connectivity index (χ2n) is 4.45. The molecule has 0 heterocycles. The third kappa shape index (κ3) is 12.1. The van der Waals surface area contributed by atoms with Gasteiger partial charge in [0.2, 0.25) is 10.0 Å². The third-order valence-electron chi connectivity index (χ3n) is 2.45. The SMILES string of the molecule is COCCCC(NC(=O)NCCCNS(C)(=O)=O)C(=O)O. The first kappa shape index (κ1) is 19.6. The molecule has 21 heavy (non-hydrogen) atoms. The van der Waals surface area contributed by atoms with Crippen molar-refractivity contribution >= 4 is 22.0 Å². The molecule has 0 radical (unpaired) electrons. The maximum atomic E-state index is 11.5. The van der Waals surface area contributed by atoms with Crippen LogP contribution in [0.2, 0.25) is 0 Å². The van der Waals surface area contributed by atoms with E-state index in [2.05, 4.69) is 15.4 Å². The number of hydrogen-bond donors (Lipinski definition) is 4. The largest absolute Gasteiger partial charge is 0.480 e. The quantitative estimate of drug-likeness (QED) is 0.364. The van der Waals surface area contributed by atoms with Gasteiger partial charge >= 0.3 is 12.0 Å². The molecule has 0 aromatic rings. The van der Waals surface area contributed by atoms with Crippen molar-refractivity contribution in [3.63, 3.8) is 0 Å². The standard InChI is InChI=1S/C11H23N3O6S/c1-20-8-3-5-9(10(15)16)14-11(17)12-6-4-7-13-21(2,18)19/h9,13H,3-8H2,1-2H3,(H,15,16)(H2,12,14,17). The zero-order chi connectivity index (χ0) is 16.3. The van der Waals surface area contributed by atoms with E-state index in [1.165, 1.54) is 7.11 Å². The Hall–Kier alpha value is -1.39. The van der Waals surface area contributed by atoms with Crippen molar-refractivity contribution in [2.24, 2.45) is 0 Å². The maximum absolute atomic E-state index is 11.5. The number of sulfonamides is 1. The minimum Gasteiger partial charge on any atom is -0.480 e. The smallest absolute Gasteiger partial charge is 0.326 e. The minimum atomic E-state index is -3.24. The highest BCUT2D eigenvalue weighted by atomic mass is 32.2. The molecule has 0 saturated heterocycles. The van der Waals surface area contributed by atoms with Crippen molar-refractivity contribution in [1.82, 2.24) is 15.4 Å². The van der Waals surface area contributed by atoms with Crippen LogP contribution in [0.25, 0.3) is 0 Å². The molecule has 2 amide bonds. The Balaban J connectivity index is 3.90. The van der Waals surface area contributed by atoms with Crippen LogP contribution in [-0.4, -0.2) is 64.6 Å². The van der Waals surface area contributed by atoms with Crippen LogP contribution >= 0.6 is 0 Å². The highest BCUT2D eigenvalue weighted by Crippen LogP contribution is 1.98. The molecule has 4 N–H and O–H groups in total. The summed E-state index contributed by atoms with van der Waals surface area (Å²) in [5.74, 6) is -1.11. The van der Waals surface area contributed by atoms with E-state index in [-0.39, 0.29) is 19.5 Å². The van der Waals surface area contributed by atoms with E-state index in [9.17, 15) is 18.0 Å². The van der Waals surface area contributed by atoms with Crippen LogP contribution in [0.3, 0.4) is 0 Å². The summed E-state index contributed by atoms with van der Waals surface area (Å²) in [6.07, 6.45) is 2.24. The number of carbonyl (C=O) groups excluding carboxylic acids is 1. The summed E-state index contributed by atoms with van der Waals surface area (Å²) in [5, 5.41) is 13.8. The van der Waals surface area contributed by atoms with Gasteiger partial charge in [-0.3, -0.25) is 0 Å². The van der Waals surface area contributed by atoms with E-state index >= 15 is 0 Å². The van der Waals surface area contributed by atoms with Gasteiger partial charge in [-0.2, -0.15) is 0 Å². The van der Waals surface area contributed by atoms with Crippen molar-refractivity contribution in [3.05, 3.63) is 0 Å². The lowest BCUT2D eigenvalue weighted by Gasteiger charge is -2.15. The van der Waals surface area contributed by atoms with Gasteiger partial charge in [-0.25, -0.2) is 22.7 Å². The zero-order valence-corrected chi connectivity index (χ0v) is 13.0. The topological polar surface area (TPSA) is 134 Å². The molecule has 0 fully saturated rings. The number of carbonyl (C=O) groups is 2. The fourth-order valence-corrected chi connectivity index (χ4v) is 1.96. The first-order chi connectivity index (χ1) is 9.76. The van der Waals surface area contributed by atoms with Crippen molar-refractivity contribution in [2.45, 2.75) is 25.3 Å². The Morgan fingerprint density at radius 3 is 2.43 bits per heavy atom. The second kappa shape index (κ2) is 10.4. The van der Waals surface area contributed by atoms with E-state index in [0.717, 1.165) is 6.26 Å². The molecular weight excluding hydrogens is 302 g/mol. The molecule has 0 spiro atoms. The third-order valence-corrected chi connectivity index (χ3v) is 3.18. The molecule has 0 aliphatic rings. The molecule has 0 aliphatic carbocycles. The highest BCUT2D eigenvalue weighted by Gasteiger charge is 2.18. The van der Waals surface area contributed by atoms with Crippen LogP contribution in [0, 0.1) is 0 Å². The monoisotopic (exact) mass is 325 g/mol. The molecule has 0 rings (SSSR count). The fraction of sp³-hybridized carbons (Fsp3) is 0.818. The molecule has 10 heteroatoms. The number of nitrogens with one attached hydrogen (secondary N) is 3. The number of carboxylic acids is 1. The van der Waals surface area contributed by atoms with Crippen LogP contribution in [0.4, 0.5) is 4.79 Å². The number of amides is 2. The lowest BCUT2D eigenvalue weighted by atomic mass is 10.1. The molecule has 0 bridgehead atoms. The molecule has 1 atom stereocenters. The lowest BCUT2D eigenvalue weighted by molar-refractivity contribution is -0.139. The van der Waals surface area contributed by atoms with Gasteiger partial charge in [0.25, 0.3) is 0 Å². The number of aliphatic carboxylic acids is 1. The van der Waals surface area contributed by atoms with Gasteiger partial charge in [0.15, 0.2) is 0 Å². The number of rotatable bonds is 11. The van der Waals surface area contributed by atoms with Gasteiger partial charge in [0.05, 0.1) is 6.26 Å². The second-order valence-corrected chi connectivity index (χ2v) is 6.28. The van der Waals surface area contributed by atoms with Gasteiger partial charge in [0, 0.05) is 26.8 Å². The normalized spacial score (nSPS) is 12.7. The van der Waals surface area contributed by atoms with Gasteiger partial charge < -0.3 is 20.5 Å². The average molecular weight is 325 g/mol. The number of hydrogen-bond acceptors (Lipinski definition) is 5. The first-order valence-electron chi connectivity index (χ1n) is 6.47. The van der Waals surface area contributed by atoms with Crippen LogP contribution < -0.4 is 15.4 Å². The Labute approximate surface area is 124 Å². The summed E-state index contributed by atoms with van der Waals surface area (Å²) < 4.78 is 28.7. The Morgan fingerprint density at radius 2 is 1.90 bits per heavy atom. The van der Waals surface area contributed by atoms with E-state index in [1.54, 1.807) is 0 Å². The Kier molecular flexibility index (Phi) is 9.67. The molecule has 0 aromatic heterocycles. The van der Waals surface area contributed by atoms with E-state index in [1.807, 2.05) is 0 Å². The highest BCUT2D eigenvalue weighted by molar-refractivity contribution is 7.88. The van der Waals surface area contributed by atoms with Crippen molar-refractivity contribution in [3.8, 4) is 0 Å². The predicted molar refractivity (Wildman–Crippen MR) is 76.5 cm³/mol. The summed E-state index contributed by atoms with van der Waals surface area (Å²) in [6, 6.07) is -1.58. The van der Waals surface area contributed by atoms with E-state index < -0.39 is 28.1 Å². The fourth-order valence-electron chi connectivity index (χ4n) is 1.45. The van der Waals surface area contributed by atoms with E-state index in [4.69, 9.17) is 9.84 Å². The van der Waals surface area contributed by atoms with Crippen molar-refractivity contribution in [1.29, 1.82) is 0 Å². The molecule has 1 unspecified atom stereocenters. The summed E-state index contributed by atoms with van der Waals surface area (Å²) in [4.78, 5) is 22.5. The number of carboxylic acid groups (broad SMARTS) is 1. The van der Waals surface area contributed by atoms with Gasteiger partial charge in [-0.05, 0) is 19.3 Å². The molecule has 0 aliphatic heterocycles. The summed E-state index contributed by atoms with van der Waals surface area (Å²) in [6.45, 7) is 0.859. The van der Waals surface area contributed by atoms with Crippen LogP contribution in [0.15, 0.2) is 0 Å². The van der Waals surface area contributed by atoms with E-state index in [0.29, 0.717) is 19.4 Å². The maximum Gasteiger partial charge on any atom is 0.326 e. The van der Waals surface area contributed by atoms with Crippen molar-refractivity contribution in [2.75, 3.05) is 33.1 Å². The zero-order valence-electron chi connectivity index (χ0n) is 12.2. The number of methoxy groups -OCH3 is 1. The summed E-state index contributed by atoms with van der Waals surface area (Å²) in [7, 11) is -1.72. The van der Waals surface area contributed by atoms with Crippen molar-refractivity contribution < 1.29 is 27.9 Å². The minimum absolute atomic E-state index is 0.204. The van der Waals surface area contributed by atoms with Gasteiger partial charge in [-0.1, -0.05) is 0 Å². The molecule has 9 nitrogen and oxygen atoms in total. The molecule has 0 aromatic carbocycles. The number of ether oxygens (including phenoxy) is 1. The number of urea groups is 1. The first-order valence-corrected chi connectivity index (χ1v) is 8.36. The molecule has 0 saturated carbocycles. The van der Waals surface area contributed by atoms with Gasteiger partial charge in [-0.15, -0.1) is 0 Å². The molecule has 124 valence electrons. The van der Waals surface area contributed by atoms with Crippen LogP contribution in [0.5, 0.6) is 0 Å². The van der Waals surface area contributed by atoms with Gasteiger partial charge in [0.1, 0.15) is 6.04 Å². The Bertz CT molecular complexity index is 426. The lowest BCUT2D eigenvalue weighted by Crippen LogP contribution is -2.46.